The van der Waals surface area contributed by atoms with Crippen molar-refractivity contribution in [3.63, 3.8) is 0 Å². The monoisotopic (exact) mass is 296 g/mol. The molecule has 0 bridgehead atoms. The van der Waals surface area contributed by atoms with E-state index in [1.54, 1.807) is 12.1 Å². The van der Waals surface area contributed by atoms with E-state index in [4.69, 9.17) is 5.73 Å². The summed E-state index contributed by atoms with van der Waals surface area (Å²) in [7, 11) is -4.13. The molecule has 0 saturated carbocycles. The molecule has 4 nitrogen and oxygen atoms in total. The van der Waals surface area contributed by atoms with E-state index in [0.717, 1.165) is 12.0 Å². The molecule has 0 fully saturated rings. The third-order valence-electron chi connectivity index (χ3n) is 2.37. The first kappa shape index (κ1) is 15.9. The summed E-state index contributed by atoms with van der Waals surface area (Å²) in [4.78, 5) is -0.187. The summed E-state index contributed by atoms with van der Waals surface area (Å²) in [6.07, 6.45) is -3.11. The van der Waals surface area contributed by atoms with Crippen molar-refractivity contribution in [2.45, 2.75) is 23.9 Å². The quantitative estimate of drug-likeness (QED) is 0.834. The Bertz CT molecular complexity index is 498. The Morgan fingerprint density at radius 1 is 1.16 bits per heavy atom. The van der Waals surface area contributed by atoms with Gasteiger partial charge in [-0.05, 0) is 37.1 Å². The predicted molar refractivity (Wildman–Crippen MR) is 65.1 cm³/mol. The van der Waals surface area contributed by atoms with Crippen LogP contribution in [0.25, 0.3) is 0 Å². The van der Waals surface area contributed by atoms with E-state index in [1.807, 2.05) is 0 Å². The van der Waals surface area contributed by atoms with Crippen LogP contribution in [0.15, 0.2) is 29.2 Å². The molecular formula is C11H15F3N2O2S. The summed E-state index contributed by atoms with van der Waals surface area (Å²) in [6, 6.07) is 5.70. The van der Waals surface area contributed by atoms with Gasteiger partial charge >= 0.3 is 6.18 Å². The lowest BCUT2D eigenvalue weighted by Crippen LogP contribution is -2.33. The molecule has 0 amide bonds. The lowest BCUT2D eigenvalue weighted by molar-refractivity contribution is -0.121. The van der Waals surface area contributed by atoms with Crippen LogP contribution in [0, 0.1) is 0 Å². The minimum Gasteiger partial charge on any atom is -0.330 e. The molecule has 0 radical (unpaired) electrons. The maximum absolute atomic E-state index is 12.0. The second kappa shape index (κ2) is 6.36. The number of nitrogens with one attached hydrogen (secondary N) is 1. The Hall–Kier alpha value is -1.12. The van der Waals surface area contributed by atoms with E-state index in [9.17, 15) is 21.6 Å². The lowest BCUT2D eigenvalue weighted by Gasteiger charge is -2.09. The van der Waals surface area contributed by atoms with Crippen LogP contribution < -0.4 is 10.5 Å². The number of halogens is 3. The highest BCUT2D eigenvalue weighted by molar-refractivity contribution is 7.89. The average molecular weight is 296 g/mol. The third kappa shape index (κ3) is 5.58. The fourth-order valence-corrected chi connectivity index (χ4v) is 2.42. The van der Waals surface area contributed by atoms with Gasteiger partial charge in [0.2, 0.25) is 10.0 Å². The van der Waals surface area contributed by atoms with Gasteiger partial charge in [-0.1, -0.05) is 12.1 Å². The molecular weight excluding hydrogens is 281 g/mol. The summed E-state index contributed by atoms with van der Waals surface area (Å²) < 4.78 is 60.6. The summed E-state index contributed by atoms with van der Waals surface area (Å²) in [5.74, 6) is 0. The summed E-state index contributed by atoms with van der Waals surface area (Å²) in [5.41, 5.74) is 6.23. The first-order valence-electron chi connectivity index (χ1n) is 5.60. The highest BCUT2D eigenvalue weighted by Crippen LogP contribution is 2.16. The maximum atomic E-state index is 12.0. The molecule has 19 heavy (non-hydrogen) atoms. The van der Waals surface area contributed by atoms with Gasteiger partial charge in [-0.2, -0.15) is 13.2 Å². The SMILES string of the molecule is NCCCc1ccc(S(=O)(=O)NCC(F)(F)F)cc1. The van der Waals surface area contributed by atoms with Crippen molar-refractivity contribution in [3.8, 4) is 0 Å². The zero-order valence-corrected chi connectivity index (χ0v) is 10.9. The summed E-state index contributed by atoms with van der Waals surface area (Å²) in [6.45, 7) is -1.06. The molecule has 108 valence electrons. The van der Waals surface area contributed by atoms with E-state index >= 15 is 0 Å². The fourth-order valence-electron chi connectivity index (χ4n) is 1.40. The molecule has 0 heterocycles. The van der Waals surface area contributed by atoms with Crippen molar-refractivity contribution in [2.24, 2.45) is 5.73 Å². The molecule has 0 aromatic heterocycles. The fraction of sp³-hybridized carbons (Fsp3) is 0.455. The van der Waals surface area contributed by atoms with E-state index in [-0.39, 0.29) is 4.90 Å². The van der Waals surface area contributed by atoms with Crippen molar-refractivity contribution < 1.29 is 21.6 Å². The molecule has 0 atom stereocenters. The van der Waals surface area contributed by atoms with Crippen LogP contribution in [-0.4, -0.2) is 27.7 Å². The second-order valence-electron chi connectivity index (χ2n) is 3.98. The molecule has 1 aromatic carbocycles. The van der Waals surface area contributed by atoms with Gasteiger partial charge in [0.15, 0.2) is 0 Å². The van der Waals surface area contributed by atoms with Crippen LogP contribution in [0.5, 0.6) is 0 Å². The summed E-state index contributed by atoms with van der Waals surface area (Å²) >= 11 is 0. The van der Waals surface area contributed by atoms with Crippen molar-refractivity contribution in [1.82, 2.24) is 4.72 Å². The highest BCUT2D eigenvalue weighted by atomic mass is 32.2. The van der Waals surface area contributed by atoms with Crippen LogP contribution in [0.3, 0.4) is 0 Å². The van der Waals surface area contributed by atoms with E-state index < -0.39 is 22.7 Å². The minimum atomic E-state index is -4.58. The van der Waals surface area contributed by atoms with Crippen molar-refractivity contribution in [2.75, 3.05) is 13.1 Å². The zero-order chi connectivity index (χ0) is 14.5. The average Bonchev–Trinajstić information content (AvgIpc) is 2.34. The van der Waals surface area contributed by atoms with E-state index in [0.29, 0.717) is 13.0 Å². The largest absolute Gasteiger partial charge is 0.402 e. The first-order chi connectivity index (χ1) is 8.74. The van der Waals surface area contributed by atoms with Crippen molar-refractivity contribution >= 4 is 10.0 Å². The van der Waals surface area contributed by atoms with Gasteiger partial charge in [0.1, 0.15) is 6.54 Å². The number of hydrogen-bond acceptors (Lipinski definition) is 3. The zero-order valence-electron chi connectivity index (χ0n) is 10.1. The van der Waals surface area contributed by atoms with Gasteiger partial charge in [0, 0.05) is 0 Å². The number of alkyl halides is 3. The van der Waals surface area contributed by atoms with E-state index in [2.05, 4.69) is 0 Å². The van der Waals surface area contributed by atoms with E-state index in [1.165, 1.54) is 16.9 Å². The number of aryl methyl sites for hydroxylation is 1. The third-order valence-corrected chi connectivity index (χ3v) is 3.78. The number of rotatable bonds is 6. The number of nitrogens with two attached hydrogens (primary N) is 1. The number of sulfonamides is 1. The van der Waals surface area contributed by atoms with Gasteiger partial charge in [-0.3, -0.25) is 0 Å². The van der Waals surface area contributed by atoms with Crippen LogP contribution in [-0.2, 0) is 16.4 Å². The smallest absolute Gasteiger partial charge is 0.330 e. The van der Waals surface area contributed by atoms with Crippen LogP contribution >= 0.6 is 0 Å². The van der Waals surface area contributed by atoms with Gasteiger partial charge < -0.3 is 5.73 Å². The van der Waals surface area contributed by atoms with Crippen LogP contribution in [0.4, 0.5) is 13.2 Å². The topological polar surface area (TPSA) is 72.2 Å². The molecule has 0 aliphatic rings. The number of hydrogen-bond donors (Lipinski definition) is 2. The lowest BCUT2D eigenvalue weighted by atomic mass is 10.1. The Labute approximate surface area is 109 Å². The molecule has 1 rings (SSSR count). The van der Waals surface area contributed by atoms with Crippen molar-refractivity contribution in [3.05, 3.63) is 29.8 Å². The highest BCUT2D eigenvalue weighted by Gasteiger charge is 2.29. The molecule has 8 heteroatoms. The normalized spacial score (nSPS) is 12.6. The predicted octanol–water partition coefficient (Wildman–Crippen LogP) is 1.42. The molecule has 1 aromatic rings. The summed E-state index contributed by atoms with van der Waals surface area (Å²) in [5, 5.41) is 0. The maximum Gasteiger partial charge on any atom is 0.402 e. The Morgan fingerprint density at radius 3 is 2.21 bits per heavy atom. The molecule has 0 unspecified atom stereocenters. The first-order valence-corrected chi connectivity index (χ1v) is 7.08. The second-order valence-corrected chi connectivity index (χ2v) is 5.74. The molecule has 3 N–H and O–H groups in total. The van der Waals surface area contributed by atoms with Gasteiger partial charge in [0.25, 0.3) is 0 Å². The molecule has 0 aliphatic carbocycles. The van der Waals surface area contributed by atoms with Crippen molar-refractivity contribution in [1.29, 1.82) is 0 Å². The Kier molecular flexibility index (Phi) is 5.33. The molecule has 0 spiro atoms. The van der Waals surface area contributed by atoms with Gasteiger partial charge in [-0.25, -0.2) is 13.1 Å². The molecule has 0 aliphatic heterocycles. The molecule has 0 saturated heterocycles. The Morgan fingerprint density at radius 2 is 1.74 bits per heavy atom. The van der Waals surface area contributed by atoms with Gasteiger partial charge in [-0.15, -0.1) is 0 Å². The van der Waals surface area contributed by atoms with Gasteiger partial charge in [0.05, 0.1) is 4.90 Å². The minimum absolute atomic E-state index is 0.187. The standard InChI is InChI=1S/C11H15F3N2O2S/c12-11(13,14)8-16-19(17,18)10-5-3-9(4-6-10)2-1-7-15/h3-6,16H,1-2,7-8,15H2. The Balaban J connectivity index is 2.73. The van der Waals surface area contributed by atoms with Crippen LogP contribution in [0.2, 0.25) is 0 Å². The van der Waals surface area contributed by atoms with Crippen LogP contribution in [0.1, 0.15) is 12.0 Å². The number of benzene rings is 1.